The van der Waals surface area contributed by atoms with Gasteiger partial charge in [-0.3, -0.25) is 14.9 Å². The Morgan fingerprint density at radius 1 is 1.13 bits per heavy atom. The van der Waals surface area contributed by atoms with Crippen molar-refractivity contribution in [3.05, 3.63) is 77.6 Å². The number of carbonyl (C=O) groups is 1. The summed E-state index contributed by atoms with van der Waals surface area (Å²) in [7, 11) is 0. The van der Waals surface area contributed by atoms with E-state index in [-0.39, 0.29) is 11.9 Å². The lowest BCUT2D eigenvalue weighted by atomic mass is 10.0. The third-order valence-electron chi connectivity index (χ3n) is 5.69. The first-order chi connectivity index (χ1) is 15.2. The molecule has 0 bridgehead atoms. The first-order valence-electron chi connectivity index (χ1n) is 10.4. The van der Waals surface area contributed by atoms with Crippen LogP contribution in [0.25, 0.3) is 22.0 Å². The van der Waals surface area contributed by atoms with Crippen LogP contribution in [-0.4, -0.2) is 40.2 Å². The lowest BCUT2D eigenvalue weighted by Gasteiger charge is -2.33. The van der Waals surface area contributed by atoms with Crippen molar-refractivity contribution in [2.24, 2.45) is 0 Å². The molecule has 7 heteroatoms. The van der Waals surface area contributed by atoms with E-state index in [0.29, 0.717) is 17.3 Å². The number of hydrogen-bond donors (Lipinski definition) is 2. The van der Waals surface area contributed by atoms with Crippen LogP contribution < -0.4 is 10.2 Å². The molecule has 1 saturated heterocycles. The molecule has 2 aromatic carbocycles. The number of hydrogen-bond acceptors (Lipinski definition) is 4. The quantitative estimate of drug-likeness (QED) is 0.492. The molecule has 1 aliphatic rings. The Balaban J connectivity index is 1.29. The highest BCUT2D eigenvalue weighted by atomic mass is 35.5. The second kappa shape index (κ2) is 8.40. The standard InChI is InChI=1S/C24H22ClN5O/c25-18-9-7-17(8-10-18)21-14-22(29-28-21)30-13-3-5-19(15-30)27-24(31)23-20-6-2-1-4-16(20)11-12-26-23/h1-2,4,6-12,14,19H,3,5,13,15H2,(H,27,31)(H,28,29). The average Bonchev–Trinajstić information content (AvgIpc) is 3.30. The predicted octanol–water partition coefficient (Wildman–Crippen LogP) is 4.68. The minimum Gasteiger partial charge on any atom is -0.353 e. The first kappa shape index (κ1) is 19.6. The van der Waals surface area contributed by atoms with Gasteiger partial charge in [-0.15, -0.1) is 0 Å². The Bertz CT molecular complexity index is 1210. The summed E-state index contributed by atoms with van der Waals surface area (Å²) < 4.78 is 0. The molecule has 5 rings (SSSR count). The number of nitrogens with one attached hydrogen (secondary N) is 2. The van der Waals surface area contributed by atoms with Crippen LogP contribution in [0.4, 0.5) is 5.82 Å². The Morgan fingerprint density at radius 3 is 2.84 bits per heavy atom. The lowest BCUT2D eigenvalue weighted by molar-refractivity contribution is 0.0930. The van der Waals surface area contributed by atoms with Crippen LogP contribution in [0.3, 0.4) is 0 Å². The summed E-state index contributed by atoms with van der Waals surface area (Å²) in [5, 5.41) is 13.4. The number of aromatic nitrogens is 3. The summed E-state index contributed by atoms with van der Waals surface area (Å²) in [4.78, 5) is 19.5. The van der Waals surface area contributed by atoms with Gasteiger partial charge < -0.3 is 10.2 Å². The fraction of sp³-hybridized carbons (Fsp3) is 0.208. The van der Waals surface area contributed by atoms with Crippen molar-refractivity contribution in [2.75, 3.05) is 18.0 Å². The van der Waals surface area contributed by atoms with Crippen LogP contribution in [0.1, 0.15) is 23.3 Å². The minimum absolute atomic E-state index is 0.0395. The minimum atomic E-state index is -0.132. The van der Waals surface area contributed by atoms with Crippen molar-refractivity contribution < 1.29 is 4.79 Å². The predicted molar refractivity (Wildman–Crippen MR) is 123 cm³/mol. The number of piperidine rings is 1. The van der Waals surface area contributed by atoms with E-state index in [1.165, 1.54) is 0 Å². The fourth-order valence-electron chi connectivity index (χ4n) is 4.11. The van der Waals surface area contributed by atoms with Crippen LogP contribution in [0.15, 0.2) is 66.9 Å². The van der Waals surface area contributed by atoms with E-state index >= 15 is 0 Å². The van der Waals surface area contributed by atoms with Gasteiger partial charge in [0.2, 0.25) is 0 Å². The molecule has 2 N–H and O–H groups in total. The number of carbonyl (C=O) groups excluding carboxylic acids is 1. The summed E-state index contributed by atoms with van der Waals surface area (Å²) >= 11 is 5.99. The number of amides is 1. The molecule has 3 heterocycles. The van der Waals surface area contributed by atoms with Gasteiger partial charge in [-0.1, -0.05) is 48.0 Å². The van der Waals surface area contributed by atoms with Crippen molar-refractivity contribution in [1.82, 2.24) is 20.5 Å². The van der Waals surface area contributed by atoms with Crippen LogP contribution in [0, 0.1) is 0 Å². The summed E-state index contributed by atoms with van der Waals surface area (Å²) in [5.41, 5.74) is 2.45. The Hall–Kier alpha value is -3.38. The van der Waals surface area contributed by atoms with Gasteiger partial charge in [0.05, 0.1) is 5.69 Å². The van der Waals surface area contributed by atoms with Crippen LogP contribution >= 0.6 is 11.6 Å². The third-order valence-corrected chi connectivity index (χ3v) is 5.94. The molecule has 2 aromatic heterocycles. The van der Waals surface area contributed by atoms with Crippen molar-refractivity contribution in [3.63, 3.8) is 0 Å². The molecule has 0 spiro atoms. The van der Waals surface area contributed by atoms with Gasteiger partial charge in [0.25, 0.3) is 5.91 Å². The number of benzene rings is 2. The lowest BCUT2D eigenvalue weighted by Crippen LogP contribution is -2.48. The van der Waals surface area contributed by atoms with E-state index < -0.39 is 0 Å². The van der Waals surface area contributed by atoms with Gasteiger partial charge in [-0.25, -0.2) is 0 Å². The van der Waals surface area contributed by atoms with Gasteiger partial charge in [0.15, 0.2) is 5.82 Å². The summed E-state index contributed by atoms with van der Waals surface area (Å²) in [6.45, 7) is 1.62. The number of nitrogens with zero attached hydrogens (tertiary/aromatic N) is 3. The number of fused-ring (bicyclic) bond motifs is 1. The number of H-pyrrole nitrogens is 1. The Labute approximate surface area is 185 Å². The zero-order chi connectivity index (χ0) is 21.2. The van der Waals surface area contributed by atoms with E-state index in [4.69, 9.17) is 11.6 Å². The molecule has 1 atom stereocenters. The van der Waals surface area contributed by atoms with Crippen molar-refractivity contribution in [3.8, 4) is 11.3 Å². The van der Waals surface area contributed by atoms with E-state index in [0.717, 1.165) is 47.2 Å². The van der Waals surface area contributed by atoms with Crippen molar-refractivity contribution in [1.29, 1.82) is 0 Å². The first-order valence-corrected chi connectivity index (χ1v) is 10.8. The molecule has 1 unspecified atom stereocenters. The molecule has 4 aromatic rings. The van der Waals surface area contributed by atoms with Crippen molar-refractivity contribution in [2.45, 2.75) is 18.9 Å². The fourth-order valence-corrected chi connectivity index (χ4v) is 4.23. The Morgan fingerprint density at radius 2 is 1.97 bits per heavy atom. The molecular formula is C24H22ClN5O. The van der Waals surface area contributed by atoms with E-state index in [1.807, 2.05) is 60.7 Å². The molecule has 0 aliphatic carbocycles. The third kappa shape index (κ3) is 4.11. The van der Waals surface area contributed by atoms with Crippen LogP contribution in [0.5, 0.6) is 0 Å². The van der Waals surface area contributed by atoms with Gasteiger partial charge in [0, 0.05) is 41.8 Å². The van der Waals surface area contributed by atoms with Gasteiger partial charge in [-0.05, 0) is 42.0 Å². The second-order valence-electron chi connectivity index (χ2n) is 7.79. The monoisotopic (exact) mass is 431 g/mol. The SMILES string of the molecule is O=C(NC1CCCN(c2cc(-c3ccc(Cl)cc3)[nH]n2)C1)c1nccc2ccccc12. The van der Waals surface area contributed by atoms with E-state index in [9.17, 15) is 4.79 Å². The zero-order valence-corrected chi connectivity index (χ0v) is 17.6. The molecule has 156 valence electrons. The summed E-state index contributed by atoms with van der Waals surface area (Å²) in [6.07, 6.45) is 3.60. The molecule has 1 aliphatic heterocycles. The maximum absolute atomic E-state index is 13.0. The number of halogens is 1. The second-order valence-corrected chi connectivity index (χ2v) is 8.22. The van der Waals surface area contributed by atoms with E-state index in [1.54, 1.807) is 6.20 Å². The average molecular weight is 432 g/mol. The topological polar surface area (TPSA) is 73.9 Å². The molecule has 0 radical (unpaired) electrons. The number of anilines is 1. The molecule has 0 saturated carbocycles. The highest BCUT2D eigenvalue weighted by Crippen LogP contribution is 2.25. The largest absolute Gasteiger partial charge is 0.353 e. The highest BCUT2D eigenvalue weighted by Gasteiger charge is 2.24. The maximum Gasteiger partial charge on any atom is 0.270 e. The van der Waals surface area contributed by atoms with Gasteiger partial charge >= 0.3 is 0 Å². The molecule has 1 fully saturated rings. The summed E-state index contributed by atoms with van der Waals surface area (Å²) in [6, 6.07) is 19.5. The highest BCUT2D eigenvalue weighted by molar-refractivity contribution is 6.30. The summed E-state index contributed by atoms with van der Waals surface area (Å²) in [5.74, 6) is 0.750. The molecule has 31 heavy (non-hydrogen) atoms. The van der Waals surface area contributed by atoms with E-state index in [2.05, 4.69) is 25.4 Å². The molecule has 1 amide bonds. The van der Waals surface area contributed by atoms with Crippen molar-refractivity contribution >= 4 is 34.1 Å². The number of rotatable bonds is 4. The normalized spacial score (nSPS) is 16.4. The van der Waals surface area contributed by atoms with Crippen LogP contribution in [0.2, 0.25) is 5.02 Å². The van der Waals surface area contributed by atoms with Gasteiger partial charge in [-0.2, -0.15) is 5.10 Å². The molecular weight excluding hydrogens is 410 g/mol. The zero-order valence-electron chi connectivity index (χ0n) is 16.9. The Kier molecular flexibility index (Phi) is 5.30. The van der Waals surface area contributed by atoms with Crippen LogP contribution in [-0.2, 0) is 0 Å². The number of pyridine rings is 1. The van der Waals surface area contributed by atoms with Gasteiger partial charge in [0.1, 0.15) is 5.69 Å². The smallest absolute Gasteiger partial charge is 0.270 e. The molecule has 6 nitrogen and oxygen atoms in total. The maximum atomic E-state index is 13.0. The number of aromatic amines is 1.